The predicted molar refractivity (Wildman–Crippen MR) is 224 cm³/mol. The lowest BCUT2D eigenvalue weighted by Gasteiger charge is -2.16. The van der Waals surface area contributed by atoms with Gasteiger partial charge in [-0.25, -0.2) is 9.97 Å². The Bertz CT molecular complexity index is 2790. The number of alkyl halides is 4. The Labute approximate surface area is 361 Å². The molecule has 0 spiro atoms. The van der Waals surface area contributed by atoms with E-state index in [9.17, 15) is 27.2 Å². The summed E-state index contributed by atoms with van der Waals surface area (Å²) < 4.78 is 77.4. The van der Waals surface area contributed by atoms with Gasteiger partial charge in [0.2, 0.25) is 0 Å². The number of ketones is 2. The number of benzene rings is 2. The number of hydrogen-bond acceptors (Lipinski definition) is 10. The molecule has 5 aromatic heterocycles. The second-order valence-electron chi connectivity index (χ2n) is 15.1. The van der Waals surface area contributed by atoms with Crippen molar-refractivity contribution >= 4 is 38.8 Å². The maximum absolute atomic E-state index is 13.2. The van der Waals surface area contributed by atoms with Crippen LogP contribution in [0.1, 0.15) is 64.9 Å². The van der Waals surface area contributed by atoms with Crippen LogP contribution in [0.5, 0.6) is 23.0 Å². The molecule has 0 amide bonds. The van der Waals surface area contributed by atoms with Gasteiger partial charge < -0.3 is 18.9 Å². The number of ether oxygens (including phenoxy) is 4. The second kappa shape index (κ2) is 17.9. The number of carbonyl (C=O) groups excluding carboxylic acids is 2. The number of hydrogen-bond donors (Lipinski definition) is 0. The van der Waals surface area contributed by atoms with Crippen LogP contribution in [0.3, 0.4) is 0 Å². The van der Waals surface area contributed by atoms with E-state index < -0.39 is 13.2 Å². The highest BCUT2D eigenvalue weighted by atomic mass is 79.9. The van der Waals surface area contributed by atoms with E-state index in [2.05, 4.69) is 36.1 Å². The minimum atomic E-state index is -3.08. The third-order valence-corrected chi connectivity index (χ3v) is 11.1. The van der Waals surface area contributed by atoms with E-state index >= 15 is 0 Å². The van der Waals surface area contributed by atoms with Crippen molar-refractivity contribution < 1.29 is 46.1 Å². The molecule has 12 nitrogen and oxygen atoms in total. The topological polar surface area (TPSA) is 131 Å². The highest BCUT2D eigenvalue weighted by Gasteiger charge is 2.31. The zero-order valence-corrected chi connectivity index (χ0v) is 35.2. The zero-order chi connectivity index (χ0) is 43.7. The van der Waals surface area contributed by atoms with E-state index in [1.54, 1.807) is 24.5 Å². The molecule has 320 valence electrons. The summed E-state index contributed by atoms with van der Waals surface area (Å²) in [7, 11) is 2.81. The number of rotatable bonds is 15. The molecule has 7 aromatic rings. The number of Topliss-reactive ketones (excluding diaryl/α,β-unsaturated/α-hetero) is 2. The van der Waals surface area contributed by atoms with Crippen molar-refractivity contribution in [1.29, 1.82) is 0 Å². The summed E-state index contributed by atoms with van der Waals surface area (Å²) in [6.07, 6.45) is 11.4. The first-order valence-corrected chi connectivity index (χ1v) is 20.5. The van der Waals surface area contributed by atoms with Crippen molar-refractivity contribution in [3.05, 3.63) is 107 Å². The number of pyridine rings is 2. The van der Waals surface area contributed by atoms with Gasteiger partial charge in [0.1, 0.15) is 45.4 Å². The van der Waals surface area contributed by atoms with E-state index in [0.717, 1.165) is 41.4 Å². The molecule has 2 saturated carbocycles. The van der Waals surface area contributed by atoms with Crippen molar-refractivity contribution in [2.45, 2.75) is 58.7 Å². The Morgan fingerprint density at radius 2 is 1.15 bits per heavy atom. The van der Waals surface area contributed by atoms with Crippen LogP contribution in [0.15, 0.2) is 89.9 Å². The molecule has 2 aromatic carbocycles. The fraction of sp³-hybridized carbons (Fsp3) is 0.289. The first-order chi connectivity index (χ1) is 29.9. The van der Waals surface area contributed by atoms with Gasteiger partial charge in [-0.15, -0.1) is 0 Å². The Hall–Kier alpha value is -6.36. The van der Waals surface area contributed by atoms with Crippen LogP contribution in [0.4, 0.5) is 17.6 Å². The molecule has 0 saturated heterocycles. The highest BCUT2D eigenvalue weighted by molar-refractivity contribution is 9.10. The lowest BCUT2D eigenvalue weighted by Crippen LogP contribution is -2.11. The van der Waals surface area contributed by atoms with Crippen LogP contribution in [-0.2, 0) is 0 Å². The highest BCUT2D eigenvalue weighted by Crippen LogP contribution is 2.42. The van der Waals surface area contributed by atoms with E-state index in [1.807, 2.05) is 64.5 Å². The molecule has 17 heteroatoms. The van der Waals surface area contributed by atoms with Crippen LogP contribution in [0.25, 0.3) is 45.1 Å². The number of nitrogens with zero attached hydrogens (tertiary/aromatic N) is 6. The molecule has 0 N–H and O–H groups in total. The van der Waals surface area contributed by atoms with E-state index in [4.69, 9.17) is 18.9 Å². The maximum atomic E-state index is 13.2. The molecular weight excluding hydrogens is 876 g/mol. The van der Waals surface area contributed by atoms with Crippen LogP contribution < -0.4 is 18.9 Å². The minimum Gasteiger partial charge on any atom is -0.496 e. The van der Waals surface area contributed by atoms with Gasteiger partial charge in [0.05, 0.1) is 49.4 Å². The number of halogens is 5. The Morgan fingerprint density at radius 1 is 0.661 bits per heavy atom. The average Bonchev–Trinajstić information content (AvgIpc) is 4.16. The smallest absolute Gasteiger partial charge is 0.387 e. The zero-order valence-electron chi connectivity index (χ0n) is 33.7. The van der Waals surface area contributed by atoms with Gasteiger partial charge in [-0.1, -0.05) is 15.9 Å². The number of imidazole rings is 2. The number of carbonyl (C=O) groups is 2. The Balaban J connectivity index is 0.000000174. The van der Waals surface area contributed by atoms with Gasteiger partial charge in [-0.3, -0.25) is 18.4 Å². The van der Waals surface area contributed by atoms with Gasteiger partial charge in [-0.05, 0) is 105 Å². The van der Waals surface area contributed by atoms with Crippen LogP contribution >= 0.6 is 15.9 Å². The summed E-state index contributed by atoms with van der Waals surface area (Å²) in [5, 5.41) is 8.30. The second-order valence-corrected chi connectivity index (χ2v) is 16.0. The number of aromatic nitrogens is 6. The Morgan fingerprint density at radius 3 is 1.60 bits per heavy atom. The van der Waals surface area contributed by atoms with Gasteiger partial charge >= 0.3 is 13.2 Å². The van der Waals surface area contributed by atoms with Gasteiger partial charge in [-0.2, -0.15) is 27.8 Å². The molecule has 0 radical (unpaired) electrons. The summed E-state index contributed by atoms with van der Waals surface area (Å²) >= 11 is 3.40. The fourth-order valence-electron chi connectivity index (χ4n) is 7.17. The first-order valence-electron chi connectivity index (χ1n) is 19.7. The summed E-state index contributed by atoms with van der Waals surface area (Å²) in [4.78, 5) is 34.4. The van der Waals surface area contributed by atoms with Crippen molar-refractivity contribution in [2.75, 3.05) is 14.2 Å². The predicted octanol–water partition coefficient (Wildman–Crippen LogP) is 10.7. The number of aryl methyl sites for hydroxylation is 1. The normalized spacial score (nSPS) is 13.6. The molecular formula is C45H39BrF4N6O6. The van der Waals surface area contributed by atoms with Crippen LogP contribution in [0.2, 0.25) is 0 Å². The van der Waals surface area contributed by atoms with E-state index in [-0.39, 0.29) is 52.1 Å². The molecule has 2 fully saturated rings. The summed E-state index contributed by atoms with van der Waals surface area (Å²) in [6.45, 7) is -4.26. The third-order valence-electron chi connectivity index (χ3n) is 10.6. The minimum absolute atomic E-state index is 0.0486. The van der Waals surface area contributed by atoms with Crippen molar-refractivity contribution in [3.63, 3.8) is 0 Å². The molecule has 0 aliphatic heterocycles. The number of methoxy groups -OCH3 is 2. The van der Waals surface area contributed by atoms with E-state index in [0.29, 0.717) is 57.8 Å². The SMILES string of the molecule is COc1cc(-c2cnc3cc(-c4ccc(C)nn4)ccn23)cc(OC(F)F)c1C(=O)CC1CC1.COc1cc(-c2cnc3cc(Br)ccn23)cc(OC(F)F)c1C(=O)CC1CC1. The molecule has 2 aliphatic rings. The number of fused-ring (bicyclic) bond motifs is 2. The molecule has 9 rings (SSSR count). The van der Waals surface area contributed by atoms with Crippen molar-refractivity contribution in [3.8, 4) is 56.8 Å². The van der Waals surface area contributed by atoms with Crippen molar-refractivity contribution in [2.24, 2.45) is 11.8 Å². The van der Waals surface area contributed by atoms with Gasteiger partial charge in [0.25, 0.3) is 0 Å². The van der Waals surface area contributed by atoms with Gasteiger partial charge in [0.15, 0.2) is 11.6 Å². The van der Waals surface area contributed by atoms with Crippen molar-refractivity contribution in [1.82, 2.24) is 29.0 Å². The lowest BCUT2D eigenvalue weighted by atomic mass is 10.00. The quantitative estimate of drug-likeness (QED) is 0.0723. The lowest BCUT2D eigenvalue weighted by molar-refractivity contribution is -0.0509. The molecule has 62 heavy (non-hydrogen) atoms. The first kappa shape index (κ1) is 42.3. The Kier molecular flexibility index (Phi) is 12.2. The average molecular weight is 916 g/mol. The standard InChI is InChI=1S/C25H22F2N4O3.C20H17BrF2N2O3/c1-14-3-6-18(30-29-14)16-7-8-31-19(13-28-23(31)12-16)17-10-21(33-2)24(20(32)9-15-4-5-15)22(11-17)34-25(26)27;1-27-16-7-12(14-10-24-18-9-13(21)4-5-25(14)18)8-17(28-20(22)23)19(16)15(26)6-11-2-3-11/h3,6-8,10-13,15,25H,4-5,9H2,1-2H3;4-5,7-11,20H,2-3,6H2,1H3. The molecule has 5 heterocycles. The summed E-state index contributed by atoms with van der Waals surface area (Å²) in [6, 6.07) is 17.4. The largest absolute Gasteiger partial charge is 0.496 e. The van der Waals surface area contributed by atoms with Crippen LogP contribution in [-0.4, -0.2) is 68.0 Å². The fourth-order valence-corrected chi connectivity index (χ4v) is 7.50. The molecule has 0 bridgehead atoms. The molecule has 0 atom stereocenters. The maximum Gasteiger partial charge on any atom is 0.387 e. The molecule has 2 aliphatic carbocycles. The summed E-state index contributed by atoms with van der Waals surface area (Å²) in [5.74, 6) is 0.132. The third kappa shape index (κ3) is 9.42. The molecule has 0 unspecified atom stereocenters. The monoisotopic (exact) mass is 914 g/mol. The van der Waals surface area contributed by atoms with Gasteiger partial charge in [0, 0.05) is 46.4 Å². The summed E-state index contributed by atoms with van der Waals surface area (Å²) in [5.41, 5.74) is 6.22. The van der Waals surface area contributed by atoms with Crippen LogP contribution in [0, 0.1) is 18.8 Å². The van der Waals surface area contributed by atoms with E-state index in [1.165, 1.54) is 26.4 Å².